The van der Waals surface area contributed by atoms with Gasteiger partial charge in [-0.1, -0.05) is 54.1 Å². The van der Waals surface area contributed by atoms with Crippen molar-refractivity contribution in [1.29, 1.82) is 0 Å². The Hall–Kier alpha value is -1.26. The van der Waals surface area contributed by atoms with E-state index < -0.39 is 20.6 Å². The monoisotopic (exact) mass is 496 g/mol. The molecule has 0 heterocycles. The van der Waals surface area contributed by atoms with E-state index >= 15 is 0 Å². The number of fused-ring (bicyclic) bond motifs is 1. The van der Waals surface area contributed by atoms with Crippen LogP contribution in [0.1, 0.15) is 53.0 Å². The minimum Gasteiger partial charge on any atom is -0.308 e. The van der Waals surface area contributed by atoms with Gasteiger partial charge in [0, 0.05) is 0 Å². The lowest BCUT2D eigenvalue weighted by atomic mass is 10.0. The minimum atomic E-state index is -3.73. The average Bonchev–Trinajstić information content (AvgIpc) is 2.78. The molecule has 0 aliphatic heterocycles. The van der Waals surface area contributed by atoms with Crippen LogP contribution in [0.15, 0.2) is 54.1 Å². The van der Waals surface area contributed by atoms with Crippen molar-refractivity contribution in [3.63, 3.8) is 0 Å². The van der Waals surface area contributed by atoms with Crippen LogP contribution in [-0.2, 0) is 33.6 Å². The lowest BCUT2D eigenvalue weighted by Gasteiger charge is -2.30. The van der Waals surface area contributed by atoms with Crippen molar-refractivity contribution in [3.05, 3.63) is 59.7 Å². The molecule has 0 saturated carbocycles. The van der Waals surface area contributed by atoms with Gasteiger partial charge in [0.2, 0.25) is 0 Å². The SMILES string of the molecule is CCOP(=O)(OCC)C(CC=C(C)CCc1ccc2ccccc2c1)P(=O)(OCC)OCC. The third kappa shape index (κ3) is 7.89. The van der Waals surface area contributed by atoms with E-state index in [0.29, 0.717) is 0 Å². The molecular weight excluding hydrogens is 458 g/mol. The van der Waals surface area contributed by atoms with Gasteiger partial charge in [-0.05, 0) is 70.2 Å². The van der Waals surface area contributed by atoms with Gasteiger partial charge in [0.05, 0.1) is 26.4 Å². The Kier molecular flexibility index (Phi) is 11.5. The second-order valence-electron chi connectivity index (χ2n) is 7.70. The molecule has 0 unspecified atom stereocenters. The predicted molar refractivity (Wildman–Crippen MR) is 136 cm³/mol. The Bertz CT molecular complexity index is 953. The summed E-state index contributed by atoms with van der Waals surface area (Å²) in [5.74, 6) is 0. The van der Waals surface area contributed by atoms with E-state index in [-0.39, 0.29) is 32.8 Å². The molecule has 0 aliphatic carbocycles. The Morgan fingerprint density at radius 1 is 0.818 bits per heavy atom. The van der Waals surface area contributed by atoms with Crippen molar-refractivity contribution in [3.8, 4) is 0 Å². The summed E-state index contributed by atoms with van der Waals surface area (Å²) in [7, 11) is -7.46. The fourth-order valence-electron chi connectivity index (χ4n) is 3.71. The number of aryl methyl sites for hydroxylation is 1. The highest BCUT2D eigenvalue weighted by Crippen LogP contribution is 2.71. The van der Waals surface area contributed by atoms with Crippen LogP contribution in [0.2, 0.25) is 0 Å². The maximum absolute atomic E-state index is 13.6. The molecule has 0 aromatic heterocycles. The van der Waals surface area contributed by atoms with E-state index in [9.17, 15) is 9.13 Å². The fourth-order valence-corrected chi connectivity index (χ4v) is 8.90. The van der Waals surface area contributed by atoms with Gasteiger partial charge in [0.1, 0.15) is 0 Å². The van der Waals surface area contributed by atoms with Crippen molar-refractivity contribution < 1.29 is 27.2 Å². The molecule has 0 amide bonds. The van der Waals surface area contributed by atoms with Crippen molar-refractivity contribution in [1.82, 2.24) is 0 Å². The molecule has 0 saturated heterocycles. The summed E-state index contributed by atoms with van der Waals surface area (Å²) in [4.78, 5) is 0. The first kappa shape index (κ1) is 28.0. The average molecular weight is 497 g/mol. The molecule has 0 radical (unpaired) electrons. The molecular formula is C25H38O6P2. The van der Waals surface area contributed by atoms with Crippen LogP contribution in [0.25, 0.3) is 10.8 Å². The van der Waals surface area contributed by atoms with Gasteiger partial charge in [-0.15, -0.1) is 0 Å². The van der Waals surface area contributed by atoms with E-state index in [1.807, 2.05) is 25.1 Å². The van der Waals surface area contributed by atoms with Crippen molar-refractivity contribution in [2.45, 2.75) is 59.3 Å². The van der Waals surface area contributed by atoms with Crippen molar-refractivity contribution in [2.24, 2.45) is 0 Å². The van der Waals surface area contributed by atoms with E-state index in [1.165, 1.54) is 16.3 Å². The number of hydrogen-bond donors (Lipinski definition) is 0. The van der Waals surface area contributed by atoms with Crippen molar-refractivity contribution >= 4 is 26.0 Å². The zero-order valence-corrected chi connectivity index (χ0v) is 22.3. The van der Waals surface area contributed by atoms with Crippen LogP contribution in [-0.4, -0.2) is 31.8 Å². The first-order chi connectivity index (χ1) is 15.8. The quantitative estimate of drug-likeness (QED) is 0.184. The summed E-state index contributed by atoms with van der Waals surface area (Å²) in [5, 5.41) is 1.43. The lowest BCUT2D eigenvalue weighted by molar-refractivity contribution is 0.195. The molecule has 33 heavy (non-hydrogen) atoms. The van der Waals surface area contributed by atoms with E-state index in [0.717, 1.165) is 18.4 Å². The van der Waals surface area contributed by atoms with Crippen LogP contribution in [0.4, 0.5) is 0 Å². The van der Waals surface area contributed by atoms with Crippen molar-refractivity contribution in [2.75, 3.05) is 26.4 Å². The topological polar surface area (TPSA) is 71.1 Å². The summed E-state index contributed by atoms with van der Waals surface area (Å²) >= 11 is 0. The van der Waals surface area contributed by atoms with Crippen LogP contribution >= 0.6 is 15.2 Å². The van der Waals surface area contributed by atoms with Gasteiger partial charge in [-0.25, -0.2) is 0 Å². The number of allylic oxidation sites excluding steroid dienone is 2. The van der Waals surface area contributed by atoms with Crippen LogP contribution in [0.3, 0.4) is 0 Å². The second kappa shape index (κ2) is 13.6. The zero-order valence-electron chi connectivity index (χ0n) is 20.5. The predicted octanol–water partition coefficient (Wildman–Crippen LogP) is 7.97. The molecule has 2 aromatic carbocycles. The standard InChI is InChI=1S/C25H38O6P2/c1-6-28-32(26,29-7-2)25(33(27,30-8-3)31-9-4)19-15-21(5)14-16-22-17-18-23-12-10-11-13-24(23)20-22/h10-13,15,17-18,20,25H,6-9,14,16,19H2,1-5H3. The highest BCUT2D eigenvalue weighted by atomic mass is 31.2. The van der Waals surface area contributed by atoms with Gasteiger partial charge in [0.15, 0.2) is 5.40 Å². The van der Waals surface area contributed by atoms with Crippen LogP contribution < -0.4 is 0 Å². The molecule has 0 bridgehead atoms. The molecule has 0 aliphatic rings. The third-order valence-electron chi connectivity index (χ3n) is 5.27. The molecule has 184 valence electrons. The van der Waals surface area contributed by atoms with E-state index in [2.05, 4.69) is 30.3 Å². The molecule has 8 heteroatoms. The first-order valence-corrected chi connectivity index (χ1v) is 14.9. The zero-order chi connectivity index (χ0) is 24.3. The summed E-state index contributed by atoms with van der Waals surface area (Å²) in [5.41, 5.74) is 2.36. The normalized spacial score (nSPS) is 13.2. The summed E-state index contributed by atoms with van der Waals surface area (Å²) in [6.07, 6.45) is 3.88. The van der Waals surface area contributed by atoms with E-state index in [4.69, 9.17) is 18.1 Å². The first-order valence-electron chi connectivity index (χ1n) is 11.7. The van der Waals surface area contributed by atoms with Gasteiger partial charge in [-0.2, -0.15) is 0 Å². The summed E-state index contributed by atoms with van der Waals surface area (Å²) in [6, 6.07) is 14.8. The molecule has 6 nitrogen and oxygen atoms in total. The maximum Gasteiger partial charge on any atom is 0.346 e. The molecule has 0 spiro atoms. The molecule has 0 atom stereocenters. The number of rotatable bonds is 15. The highest BCUT2D eigenvalue weighted by molar-refractivity contribution is 7.72. The molecule has 2 rings (SSSR count). The van der Waals surface area contributed by atoms with Gasteiger partial charge in [-0.3, -0.25) is 9.13 Å². The minimum absolute atomic E-state index is 0.177. The largest absolute Gasteiger partial charge is 0.346 e. The Balaban J connectivity index is 2.22. The highest BCUT2D eigenvalue weighted by Gasteiger charge is 2.50. The smallest absolute Gasteiger partial charge is 0.308 e. The summed E-state index contributed by atoms with van der Waals surface area (Å²) < 4.78 is 49.4. The fraction of sp³-hybridized carbons (Fsp3) is 0.520. The Morgan fingerprint density at radius 2 is 1.33 bits per heavy atom. The second-order valence-corrected chi connectivity index (χ2v) is 12.5. The maximum atomic E-state index is 13.6. The number of hydrogen-bond acceptors (Lipinski definition) is 6. The molecule has 0 N–H and O–H groups in total. The Labute approximate surface area is 198 Å². The summed E-state index contributed by atoms with van der Waals surface area (Å²) in [6.45, 7) is 9.68. The van der Waals surface area contributed by atoms with Crippen LogP contribution in [0, 0.1) is 0 Å². The lowest BCUT2D eigenvalue weighted by Crippen LogP contribution is -2.17. The number of benzene rings is 2. The van der Waals surface area contributed by atoms with Crippen LogP contribution in [0.5, 0.6) is 0 Å². The Morgan fingerprint density at radius 3 is 1.85 bits per heavy atom. The van der Waals surface area contributed by atoms with E-state index in [1.54, 1.807) is 27.7 Å². The molecule has 0 fully saturated rings. The van der Waals surface area contributed by atoms with Gasteiger partial charge in [0.25, 0.3) is 0 Å². The third-order valence-corrected chi connectivity index (χ3v) is 11.3. The van der Waals surface area contributed by atoms with Gasteiger partial charge >= 0.3 is 15.2 Å². The molecule has 2 aromatic rings. The van der Waals surface area contributed by atoms with Gasteiger partial charge < -0.3 is 18.1 Å².